The van der Waals surface area contributed by atoms with Crippen molar-refractivity contribution in [2.45, 2.75) is 19.8 Å². The Morgan fingerprint density at radius 2 is 2.29 bits per heavy atom. The number of nitrogens with one attached hydrogen (secondary N) is 1. The van der Waals surface area contributed by atoms with Crippen LogP contribution < -0.4 is 5.32 Å². The number of allylic oxidation sites excluding steroid dienone is 2. The Labute approximate surface area is 82.0 Å². The molecular formula is C10H12N2O2. The number of hydrogen-bond acceptors (Lipinski definition) is 3. The van der Waals surface area contributed by atoms with Crippen LogP contribution in [0.5, 0.6) is 0 Å². The second-order valence-corrected chi connectivity index (χ2v) is 3.45. The highest BCUT2D eigenvalue weighted by atomic mass is 16.5. The lowest BCUT2D eigenvalue weighted by Gasteiger charge is -2.06. The van der Waals surface area contributed by atoms with E-state index in [4.69, 9.17) is 4.52 Å². The lowest BCUT2D eigenvalue weighted by molar-refractivity contribution is -0.119. The molecule has 2 rings (SSSR count). The van der Waals surface area contributed by atoms with Crippen LogP contribution in [0, 0.1) is 12.8 Å². The predicted octanol–water partition coefficient (Wildman–Crippen LogP) is 1.89. The third-order valence-electron chi connectivity index (χ3n) is 2.26. The molecule has 0 radical (unpaired) electrons. The predicted molar refractivity (Wildman–Crippen MR) is 51.7 cm³/mol. The van der Waals surface area contributed by atoms with Crippen molar-refractivity contribution in [1.29, 1.82) is 0 Å². The standard InChI is InChI=1S/C10H12N2O2/c1-7-6-9(12-14-7)11-10(13)8-4-2-3-5-8/h2-3,6,8H,4-5H2,1H3,(H,11,12,13). The van der Waals surface area contributed by atoms with E-state index in [2.05, 4.69) is 10.5 Å². The zero-order valence-corrected chi connectivity index (χ0v) is 7.99. The summed E-state index contributed by atoms with van der Waals surface area (Å²) in [6, 6.07) is 1.71. The number of carbonyl (C=O) groups excluding carboxylic acids is 1. The third kappa shape index (κ3) is 1.84. The lowest BCUT2D eigenvalue weighted by Crippen LogP contribution is -2.20. The number of rotatable bonds is 2. The summed E-state index contributed by atoms with van der Waals surface area (Å²) in [5.41, 5.74) is 0. The molecule has 1 heterocycles. The normalized spacial score (nSPS) is 16.1. The Morgan fingerprint density at radius 1 is 1.57 bits per heavy atom. The summed E-state index contributed by atoms with van der Waals surface area (Å²) in [6.07, 6.45) is 5.70. The monoisotopic (exact) mass is 192 g/mol. The quantitative estimate of drug-likeness (QED) is 0.728. The van der Waals surface area contributed by atoms with E-state index >= 15 is 0 Å². The minimum Gasteiger partial charge on any atom is -0.360 e. The number of aromatic nitrogens is 1. The summed E-state index contributed by atoms with van der Waals surface area (Å²) in [5.74, 6) is 1.28. The smallest absolute Gasteiger partial charge is 0.229 e. The molecule has 74 valence electrons. The first-order valence-electron chi connectivity index (χ1n) is 4.65. The molecule has 0 bridgehead atoms. The van der Waals surface area contributed by atoms with Gasteiger partial charge < -0.3 is 9.84 Å². The highest BCUT2D eigenvalue weighted by Crippen LogP contribution is 2.19. The lowest BCUT2D eigenvalue weighted by atomic mass is 10.1. The number of aryl methyl sites for hydroxylation is 1. The first kappa shape index (κ1) is 8.99. The second kappa shape index (κ2) is 3.65. The minimum absolute atomic E-state index is 0.0169. The molecule has 0 aliphatic heterocycles. The molecule has 0 unspecified atom stereocenters. The molecule has 1 aromatic rings. The SMILES string of the molecule is Cc1cc(NC(=O)C2CC=CC2)no1. The van der Waals surface area contributed by atoms with Crippen molar-refractivity contribution in [2.24, 2.45) is 5.92 Å². The van der Waals surface area contributed by atoms with Gasteiger partial charge in [-0.2, -0.15) is 0 Å². The largest absolute Gasteiger partial charge is 0.360 e. The second-order valence-electron chi connectivity index (χ2n) is 3.45. The summed E-state index contributed by atoms with van der Waals surface area (Å²) >= 11 is 0. The van der Waals surface area contributed by atoms with Crippen LogP contribution in [0.3, 0.4) is 0 Å². The van der Waals surface area contributed by atoms with Crippen LogP contribution in [0.15, 0.2) is 22.7 Å². The molecule has 1 aliphatic rings. The van der Waals surface area contributed by atoms with Crippen LogP contribution in [0.1, 0.15) is 18.6 Å². The fraction of sp³-hybridized carbons (Fsp3) is 0.400. The molecule has 0 atom stereocenters. The Bertz CT molecular complexity index is 360. The third-order valence-corrected chi connectivity index (χ3v) is 2.26. The van der Waals surface area contributed by atoms with Gasteiger partial charge in [-0.05, 0) is 19.8 Å². The first-order chi connectivity index (χ1) is 6.75. The molecule has 1 aromatic heterocycles. The summed E-state index contributed by atoms with van der Waals surface area (Å²) in [7, 11) is 0. The summed E-state index contributed by atoms with van der Waals surface area (Å²) in [4.78, 5) is 11.6. The highest BCUT2D eigenvalue weighted by Gasteiger charge is 2.19. The van der Waals surface area contributed by atoms with E-state index in [-0.39, 0.29) is 11.8 Å². The van der Waals surface area contributed by atoms with E-state index < -0.39 is 0 Å². The number of nitrogens with zero attached hydrogens (tertiary/aromatic N) is 1. The number of hydrogen-bond donors (Lipinski definition) is 1. The van der Waals surface area contributed by atoms with Crippen molar-refractivity contribution in [3.63, 3.8) is 0 Å². The average Bonchev–Trinajstić information content (AvgIpc) is 2.75. The zero-order chi connectivity index (χ0) is 9.97. The fourth-order valence-corrected chi connectivity index (χ4v) is 1.48. The molecule has 0 saturated carbocycles. The number of anilines is 1. The van der Waals surface area contributed by atoms with Gasteiger partial charge in [-0.3, -0.25) is 4.79 Å². The van der Waals surface area contributed by atoms with Crippen molar-refractivity contribution in [3.8, 4) is 0 Å². The highest BCUT2D eigenvalue weighted by molar-refractivity contribution is 5.92. The zero-order valence-electron chi connectivity index (χ0n) is 7.99. The molecule has 0 saturated heterocycles. The number of carbonyl (C=O) groups is 1. The van der Waals surface area contributed by atoms with Gasteiger partial charge in [0, 0.05) is 12.0 Å². The van der Waals surface area contributed by atoms with E-state index in [0.717, 1.165) is 12.8 Å². The van der Waals surface area contributed by atoms with E-state index in [0.29, 0.717) is 11.6 Å². The molecule has 4 heteroatoms. The van der Waals surface area contributed by atoms with Gasteiger partial charge >= 0.3 is 0 Å². The van der Waals surface area contributed by atoms with Gasteiger partial charge in [0.25, 0.3) is 0 Å². The van der Waals surface area contributed by atoms with E-state index in [9.17, 15) is 4.79 Å². The first-order valence-corrected chi connectivity index (χ1v) is 4.65. The van der Waals surface area contributed by atoms with Crippen molar-refractivity contribution < 1.29 is 9.32 Å². The molecule has 4 nitrogen and oxygen atoms in total. The van der Waals surface area contributed by atoms with Crippen molar-refractivity contribution in [2.75, 3.05) is 5.32 Å². The Balaban J connectivity index is 1.94. The maximum atomic E-state index is 11.6. The van der Waals surface area contributed by atoms with Gasteiger partial charge in [0.15, 0.2) is 5.82 Å². The molecule has 0 spiro atoms. The number of amides is 1. The van der Waals surface area contributed by atoms with Crippen molar-refractivity contribution in [1.82, 2.24) is 5.16 Å². The Morgan fingerprint density at radius 3 is 2.86 bits per heavy atom. The van der Waals surface area contributed by atoms with Crippen LogP contribution in [0.4, 0.5) is 5.82 Å². The molecular weight excluding hydrogens is 180 g/mol. The maximum absolute atomic E-state index is 11.6. The van der Waals surface area contributed by atoms with Crippen LogP contribution in [-0.4, -0.2) is 11.1 Å². The Hall–Kier alpha value is -1.58. The Kier molecular flexibility index (Phi) is 2.35. The molecule has 1 aliphatic carbocycles. The van der Waals surface area contributed by atoms with Gasteiger partial charge in [-0.1, -0.05) is 17.3 Å². The van der Waals surface area contributed by atoms with E-state index in [1.807, 2.05) is 12.2 Å². The molecule has 1 N–H and O–H groups in total. The molecule has 14 heavy (non-hydrogen) atoms. The van der Waals surface area contributed by atoms with E-state index in [1.165, 1.54) is 0 Å². The van der Waals surface area contributed by atoms with Crippen LogP contribution in [-0.2, 0) is 4.79 Å². The minimum atomic E-state index is 0.0169. The molecule has 1 amide bonds. The maximum Gasteiger partial charge on any atom is 0.229 e. The topological polar surface area (TPSA) is 55.1 Å². The molecule has 0 aromatic carbocycles. The van der Waals surface area contributed by atoms with E-state index in [1.54, 1.807) is 13.0 Å². The van der Waals surface area contributed by atoms with Gasteiger partial charge in [0.1, 0.15) is 5.76 Å². The van der Waals surface area contributed by atoms with Crippen LogP contribution in [0.2, 0.25) is 0 Å². The summed E-state index contributed by atoms with van der Waals surface area (Å²) in [6.45, 7) is 1.79. The van der Waals surface area contributed by atoms with Crippen LogP contribution in [0.25, 0.3) is 0 Å². The van der Waals surface area contributed by atoms with Gasteiger partial charge in [-0.15, -0.1) is 0 Å². The van der Waals surface area contributed by atoms with Gasteiger partial charge in [0.05, 0.1) is 0 Å². The van der Waals surface area contributed by atoms with Crippen LogP contribution >= 0.6 is 0 Å². The van der Waals surface area contributed by atoms with Gasteiger partial charge in [-0.25, -0.2) is 0 Å². The average molecular weight is 192 g/mol. The fourth-order valence-electron chi connectivity index (χ4n) is 1.48. The summed E-state index contributed by atoms with van der Waals surface area (Å²) < 4.78 is 4.85. The van der Waals surface area contributed by atoms with Crippen molar-refractivity contribution in [3.05, 3.63) is 24.0 Å². The van der Waals surface area contributed by atoms with Gasteiger partial charge in [0.2, 0.25) is 5.91 Å². The summed E-state index contributed by atoms with van der Waals surface area (Å²) in [5, 5.41) is 6.42. The molecule has 0 fully saturated rings. The van der Waals surface area contributed by atoms with Crippen molar-refractivity contribution >= 4 is 11.7 Å².